The summed E-state index contributed by atoms with van der Waals surface area (Å²) in [5.74, 6) is 0.658. The third-order valence-electron chi connectivity index (χ3n) is 7.55. The molecule has 1 aliphatic heterocycles. The van der Waals surface area contributed by atoms with E-state index in [0.29, 0.717) is 5.41 Å². The van der Waals surface area contributed by atoms with Gasteiger partial charge in [-0.15, -0.1) is 0 Å². The Hall–Kier alpha value is -3.06. The fourth-order valence-corrected chi connectivity index (χ4v) is 5.49. The SMILES string of the molecule is COc1cc(C)c2[nH]ccc2c1CN1CCC2(CC2)C[C@@H]1c1ccc(C(=O)O)nc1N(C)C. The van der Waals surface area contributed by atoms with Gasteiger partial charge < -0.3 is 19.7 Å². The number of hydrogen-bond acceptors (Lipinski definition) is 5. The van der Waals surface area contributed by atoms with Crippen LogP contribution in [0.4, 0.5) is 5.82 Å². The molecule has 2 aromatic heterocycles. The molecule has 0 unspecified atom stereocenters. The van der Waals surface area contributed by atoms with Crippen LogP contribution in [-0.2, 0) is 6.54 Å². The molecule has 33 heavy (non-hydrogen) atoms. The van der Waals surface area contributed by atoms with Crippen LogP contribution in [0, 0.1) is 12.3 Å². The van der Waals surface area contributed by atoms with Crippen LogP contribution >= 0.6 is 0 Å². The molecule has 2 aliphatic rings. The molecule has 0 amide bonds. The lowest BCUT2D eigenvalue weighted by atomic mass is 9.84. The highest BCUT2D eigenvalue weighted by Crippen LogP contribution is 2.59. The molecule has 2 N–H and O–H groups in total. The minimum Gasteiger partial charge on any atom is -0.496 e. The van der Waals surface area contributed by atoms with E-state index in [2.05, 4.69) is 33.9 Å². The average Bonchev–Trinajstić information content (AvgIpc) is 3.35. The smallest absolute Gasteiger partial charge is 0.354 e. The summed E-state index contributed by atoms with van der Waals surface area (Å²) in [7, 11) is 5.61. The number of aromatic amines is 1. The number of likely N-dealkylation sites (tertiary alicyclic amines) is 1. The second-order valence-electron chi connectivity index (χ2n) is 9.89. The van der Waals surface area contributed by atoms with Crippen molar-refractivity contribution >= 4 is 22.7 Å². The number of nitrogens with zero attached hydrogens (tertiary/aromatic N) is 3. The zero-order valence-corrected chi connectivity index (χ0v) is 19.8. The second-order valence-corrected chi connectivity index (χ2v) is 9.89. The number of ether oxygens (including phenoxy) is 1. The molecule has 3 aromatic rings. The van der Waals surface area contributed by atoms with Gasteiger partial charge in [0.15, 0.2) is 5.69 Å². The maximum atomic E-state index is 11.6. The number of anilines is 1. The molecule has 2 fully saturated rings. The van der Waals surface area contributed by atoms with Gasteiger partial charge >= 0.3 is 5.97 Å². The first kappa shape index (κ1) is 21.8. The average molecular weight is 449 g/mol. The van der Waals surface area contributed by atoms with E-state index < -0.39 is 5.97 Å². The number of carboxylic acids is 1. The summed E-state index contributed by atoms with van der Waals surface area (Å²) in [5, 5.41) is 10.7. The lowest BCUT2D eigenvalue weighted by Gasteiger charge is -2.41. The third kappa shape index (κ3) is 3.84. The molecule has 0 bridgehead atoms. The van der Waals surface area contributed by atoms with Gasteiger partial charge in [0.1, 0.15) is 11.6 Å². The van der Waals surface area contributed by atoms with Gasteiger partial charge in [0.2, 0.25) is 0 Å². The van der Waals surface area contributed by atoms with Crippen molar-refractivity contribution in [1.82, 2.24) is 14.9 Å². The van der Waals surface area contributed by atoms with E-state index in [4.69, 9.17) is 4.74 Å². The fraction of sp³-hybridized carbons (Fsp3) is 0.462. The summed E-state index contributed by atoms with van der Waals surface area (Å²) in [6.45, 7) is 3.87. The molecule has 1 aromatic carbocycles. The van der Waals surface area contributed by atoms with Crippen molar-refractivity contribution in [3.8, 4) is 5.75 Å². The number of piperidine rings is 1. The van der Waals surface area contributed by atoms with Crippen LogP contribution in [0.2, 0.25) is 0 Å². The second kappa shape index (κ2) is 8.06. The molecule has 1 spiro atoms. The molecule has 3 heterocycles. The van der Waals surface area contributed by atoms with E-state index in [1.54, 1.807) is 13.2 Å². The van der Waals surface area contributed by atoms with Crippen LogP contribution in [0.25, 0.3) is 10.9 Å². The van der Waals surface area contributed by atoms with E-state index in [0.717, 1.165) is 42.2 Å². The summed E-state index contributed by atoms with van der Waals surface area (Å²) >= 11 is 0. The Labute approximate surface area is 194 Å². The molecule has 1 aliphatic carbocycles. The Morgan fingerprint density at radius 3 is 2.76 bits per heavy atom. The van der Waals surface area contributed by atoms with Crippen molar-refractivity contribution in [1.29, 1.82) is 0 Å². The summed E-state index contributed by atoms with van der Waals surface area (Å²) < 4.78 is 5.82. The van der Waals surface area contributed by atoms with E-state index in [1.165, 1.54) is 35.8 Å². The first-order valence-electron chi connectivity index (χ1n) is 11.6. The Bertz CT molecular complexity index is 1210. The van der Waals surface area contributed by atoms with Crippen molar-refractivity contribution in [3.63, 3.8) is 0 Å². The van der Waals surface area contributed by atoms with Gasteiger partial charge in [0.25, 0.3) is 0 Å². The van der Waals surface area contributed by atoms with Crippen LogP contribution < -0.4 is 9.64 Å². The number of carbonyl (C=O) groups is 1. The number of rotatable bonds is 6. The normalized spacial score (nSPS) is 19.7. The topological polar surface area (TPSA) is 81.7 Å². The summed E-state index contributed by atoms with van der Waals surface area (Å²) in [6, 6.07) is 8.05. The number of nitrogens with one attached hydrogen (secondary N) is 1. The van der Waals surface area contributed by atoms with Crippen molar-refractivity contribution in [2.75, 3.05) is 32.6 Å². The molecular weight excluding hydrogens is 416 g/mol. The highest BCUT2D eigenvalue weighted by molar-refractivity contribution is 5.88. The quantitative estimate of drug-likeness (QED) is 0.566. The Kier molecular flexibility index (Phi) is 5.32. The number of H-pyrrole nitrogens is 1. The summed E-state index contributed by atoms with van der Waals surface area (Å²) in [6.07, 6.45) is 6.83. The van der Waals surface area contributed by atoms with Gasteiger partial charge in [-0.25, -0.2) is 9.78 Å². The molecule has 1 saturated carbocycles. The standard InChI is InChI=1S/C26H32N4O3/c1-16-13-22(33-4)19(17-7-11-27-23(16)17)15-30-12-10-26(8-9-26)14-21(30)18-5-6-20(25(31)32)28-24(18)29(2)3/h5-7,11,13,21,27H,8-10,12,14-15H2,1-4H3,(H,31,32)/t21-/m1/s1. The number of aryl methyl sites for hydroxylation is 1. The van der Waals surface area contributed by atoms with Gasteiger partial charge in [-0.1, -0.05) is 6.07 Å². The van der Waals surface area contributed by atoms with E-state index in [-0.39, 0.29) is 11.7 Å². The van der Waals surface area contributed by atoms with Crippen LogP contribution in [0.1, 0.15) is 58.9 Å². The van der Waals surface area contributed by atoms with E-state index in [9.17, 15) is 9.90 Å². The zero-order chi connectivity index (χ0) is 23.3. The van der Waals surface area contributed by atoms with Gasteiger partial charge in [0, 0.05) is 54.9 Å². The van der Waals surface area contributed by atoms with E-state index in [1.807, 2.05) is 31.3 Å². The van der Waals surface area contributed by atoms with Crippen LogP contribution in [-0.4, -0.2) is 53.7 Å². The van der Waals surface area contributed by atoms with Crippen molar-refractivity contribution in [2.24, 2.45) is 5.41 Å². The van der Waals surface area contributed by atoms with Crippen molar-refractivity contribution < 1.29 is 14.6 Å². The monoisotopic (exact) mass is 448 g/mol. The van der Waals surface area contributed by atoms with Gasteiger partial charge in [0.05, 0.1) is 7.11 Å². The molecular formula is C26H32N4O3. The largest absolute Gasteiger partial charge is 0.496 e. The highest BCUT2D eigenvalue weighted by atomic mass is 16.5. The van der Waals surface area contributed by atoms with Crippen molar-refractivity contribution in [2.45, 2.75) is 45.2 Å². The first-order chi connectivity index (χ1) is 15.8. The first-order valence-corrected chi connectivity index (χ1v) is 11.6. The van der Waals surface area contributed by atoms with E-state index >= 15 is 0 Å². The van der Waals surface area contributed by atoms with Crippen molar-refractivity contribution in [3.05, 3.63) is 52.8 Å². The molecule has 1 saturated heterocycles. The molecule has 5 rings (SSSR count). The van der Waals surface area contributed by atoms with Crippen LogP contribution in [0.5, 0.6) is 5.75 Å². The predicted octanol–water partition coefficient (Wildman–Crippen LogP) is 4.76. The summed E-state index contributed by atoms with van der Waals surface area (Å²) in [4.78, 5) is 23.9. The maximum Gasteiger partial charge on any atom is 0.354 e. The van der Waals surface area contributed by atoms with Crippen LogP contribution in [0.15, 0.2) is 30.5 Å². The Morgan fingerprint density at radius 1 is 1.30 bits per heavy atom. The molecule has 7 nitrogen and oxygen atoms in total. The minimum atomic E-state index is -0.997. The number of methoxy groups -OCH3 is 1. The molecule has 7 heteroatoms. The number of fused-ring (bicyclic) bond motifs is 1. The van der Waals surface area contributed by atoms with Crippen LogP contribution in [0.3, 0.4) is 0 Å². The number of hydrogen-bond donors (Lipinski definition) is 2. The lowest BCUT2D eigenvalue weighted by Crippen LogP contribution is -2.38. The number of carboxylic acid groups (broad SMARTS) is 1. The minimum absolute atomic E-state index is 0.0835. The number of aromatic carboxylic acids is 1. The zero-order valence-electron chi connectivity index (χ0n) is 19.8. The number of aromatic nitrogens is 2. The van der Waals surface area contributed by atoms with Gasteiger partial charge in [-0.3, -0.25) is 4.90 Å². The molecule has 1 atom stereocenters. The fourth-order valence-electron chi connectivity index (χ4n) is 5.49. The number of benzene rings is 1. The predicted molar refractivity (Wildman–Crippen MR) is 129 cm³/mol. The summed E-state index contributed by atoms with van der Waals surface area (Å²) in [5.41, 5.74) is 5.13. The Balaban J connectivity index is 1.57. The lowest BCUT2D eigenvalue weighted by molar-refractivity contribution is 0.0689. The number of pyridine rings is 1. The Morgan fingerprint density at radius 2 is 2.09 bits per heavy atom. The molecule has 174 valence electrons. The van der Waals surface area contributed by atoms with Gasteiger partial charge in [-0.2, -0.15) is 0 Å². The molecule has 0 radical (unpaired) electrons. The van der Waals surface area contributed by atoms with Gasteiger partial charge in [-0.05, 0) is 68.3 Å². The highest BCUT2D eigenvalue weighted by Gasteiger charge is 2.49. The third-order valence-corrected chi connectivity index (χ3v) is 7.55. The maximum absolute atomic E-state index is 11.6.